The number of aromatic carboxylic acids is 1. The number of carboxylic acid groups (broad SMARTS) is 1. The fourth-order valence-electron chi connectivity index (χ4n) is 3.33. The maximum Gasteiger partial charge on any atom is 0.335 e. The number of carboxylic acids is 1. The molecule has 0 spiro atoms. The van der Waals surface area contributed by atoms with Crippen molar-refractivity contribution >= 4 is 5.97 Å². The van der Waals surface area contributed by atoms with Crippen LogP contribution in [0.4, 0.5) is 0 Å². The maximum atomic E-state index is 11.1. The number of carbonyl (C=O) groups is 1. The van der Waals surface area contributed by atoms with Crippen LogP contribution in [0.25, 0.3) is 11.4 Å². The zero-order valence-electron chi connectivity index (χ0n) is 14.6. The molecule has 6 heteroatoms. The van der Waals surface area contributed by atoms with Gasteiger partial charge in [-0.1, -0.05) is 23.8 Å². The van der Waals surface area contributed by atoms with Gasteiger partial charge in [0.25, 0.3) is 0 Å². The van der Waals surface area contributed by atoms with Crippen LogP contribution >= 0.6 is 0 Å². The molecule has 1 aliphatic heterocycles. The maximum absolute atomic E-state index is 11.1. The van der Waals surface area contributed by atoms with E-state index in [0.29, 0.717) is 11.4 Å². The first-order valence-electron chi connectivity index (χ1n) is 8.61. The topological polar surface area (TPSA) is 71.2 Å². The molecule has 0 saturated carbocycles. The average molecular weight is 348 g/mol. The van der Waals surface area contributed by atoms with Crippen molar-refractivity contribution in [2.45, 2.75) is 26.6 Å². The van der Waals surface area contributed by atoms with Gasteiger partial charge in [0.1, 0.15) is 5.69 Å². The highest BCUT2D eigenvalue weighted by molar-refractivity contribution is 5.88. The predicted octanol–water partition coefficient (Wildman–Crippen LogP) is 2.97. The molecule has 1 aromatic carbocycles. The van der Waals surface area contributed by atoms with Gasteiger partial charge in [-0.05, 0) is 30.2 Å². The number of hydrogen-bond donors (Lipinski definition) is 1. The largest absolute Gasteiger partial charge is 0.478 e. The highest BCUT2D eigenvalue weighted by Gasteiger charge is 2.18. The molecule has 132 valence electrons. The summed E-state index contributed by atoms with van der Waals surface area (Å²) >= 11 is 0. The van der Waals surface area contributed by atoms with E-state index >= 15 is 0 Å². The minimum atomic E-state index is -0.961. The molecular weight excluding hydrogens is 328 g/mol. The molecule has 0 bridgehead atoms. The molecule has 0 saturated heterocycles. The van der Waals surface area contributed by atoms with Crippen LogP contribution in [0.2, 0.25) is 0 Å². The van der Waals surface area contributed by atoms with Crippen molar-refractivity contribution < 1.29 is 9.90 Å². The van der Waals surface area contributed by atoms with Crippen LogP contribution in [0.5, 0.6) is 0 Å². The highest BCUT2D eigenvalue weighted by atomic mass is 16.4. The lowest BCUT2D eigenvalue weighted by atomic mass is 10.1. The number of hydrogen-bond acceptors (Lipinski definition) is 4. The second-order valence-corrected chi connectivity index (χ2v) is 6.71. The van der Waals surface area contributed by atoms with E-state index in [0.717, 1.165) is 26.2 Å². The van der Waals surface area contributed by atoms with Crippen LogP contribution in [-0.2, 0) is 19.6 Å². The Morgan fingerprint density at radius 1 is 1.08 bits per heavy atom. The lowest BCUT2D eigenvalue weighted by Crippen LogP contribution is -2.21. The van der Waals surface area contributed by atoms with Crippen LogP contribution in [0, 0.1) is 6.92 Å². The van der Waals surface area contributed by atoms with Crippen molar-refractivity contribution in [3.8, 4) is 11.4 Å². The standard InChI is InChI=1S/C20H20N4O2/c1-14-2-3-16-10-23(11-17(16)8-14)6-7-24-12-19(22-13-24)18-9-15(20(25)26)4-5-21-18/h2-5,8-9,12-13H,6-7,10-11H2,1H3,(H,25,26). The van der Waals surface area contributed by atoms with E-state index in [2.05, 4.69) is 40.0 Å². The van der Waals surface area contributed by atoms with E-state index in [1.54, 1.807) is 12.4 Å². The van der Waals surface area contributed by atoms with Crippen LogP contribution in [0.1, 0.15) is 27.0 Å². The fraction of sp³-hybridized carbons (Fsp3) is 0.250. The number of imidazole rings is 1. The van der Waals surface area contributed by atoms with Crippen molar-refractivity contribution in [2.24, 2.45) is 0 Å². The number of fused-ring (bicyclic) bond motifs is 1. The van der Waals surface area contributed by atoms with E-state index in [-0.39, 0.29) is 5.56 Å². The third-order valence-corrected chi connectivity index (χ3v) is 4.73. The summed E-state index contributed by atoms with van der Waals surface area (Å²) < 4.78 is 2.03. The number of aromatic nitrogens is 3. The molecule has 3 aromatic rings. The molecule has 1 N–H and O–H groups in total. The van der Waals surface area contributed by atoms with E-state index in [1.807, 2.05) is 10.8 Å². The van der Waals surface area contributed by atoms with Crippen LogP contribution < -0.4 is 0 Å². The van der Waals surface area contributed by atoms with Crippen molar-refractivity contribution in [1.82, 2.24) is 19.4 Å². The van der Waals surface area contributed by atoms with Gasteiger partial charge in [-0.3, -0.25) is 9.88 Å². The first-order chi connectivity index (χ1) is 12.6. The van der Waals surface area contributed by atoms with Gasteiger partial charge in [-0.25, -0.2) is 9.78 Å². The molecule has 0 atom stereocenters. The van der Waals surface area contributed by atoms with Gasteiger partial charge < -0.3 is 9.67 Å². The van der Waals surface area contributed by atoms with Crippen molar-refractivity contribution in [1.29, 1.82) is 0 Å². The van der Waals surface area contributed by atoms with E-state index in [9.17, 15) is 4.79 Å². The molecule has 0 amide bonds. The Labute approximate surface area is 151 Å². The predicted molar refractivity (Wildman–Crippen MR) is 97.7 cm³/mol. The van der Waals surface area contributed by atoms with Crippen LogP contribution in [0.3, 0.4) is 0 Å². The van der Waals surface area contributed by atoms with E-state index in [4.69, 9.17) is 5.11 Å². The second-order valence-electron chi connectivity index (χ2n) is 6.71. The first kappa shape index (κ1) is 16.5. The third-order valence-electron chi connectivity index (χ3n) is 4.73. The van der Waals surface area contributed by atoms with Crippen molar-refractivity contribution in [3.63, 3.8) is 0 Å². The van der Waals surface area contributed by atoms with Gasteiger partial charge in [0.2, 0.25) is 0 Å². The SMILES string of the molecule is Cc1ccc2c(c1)CN(CCn1cnc(-c3cc(C(=O)O)ccn3)c1)C2. The normalized spacial score (nSPS) is 13.7. The monoisotopic (exact) mass is 348 g/mol. The van der Waals surface area contributed by atoms with Crippen LogP contribution in [-0.4, -0.2) is 37.1 Å². The number of benzene rings is 1. The summed E-state index contributed by atoms with van der Waals surface area (Å²) in [6.07, 6.45) is 5.19. The van der Waals surface area contributed by atoms with Gasteiger partial charge in [0.05, 0.1) is 17.6 Å². The molecule has 2 aromatic heterocycles. The Morgan fingerprint density at radius 2 is 1.92 bits per heavy atom. The number of nitrogens with zero attached hydrogens (tertiary/aromatic N) is 4. The Bertz CT molecular complexity index is 964. The second kappa shape index (κ2) is 6.72. The summed E-state index contributed by atoms with van der Waals surface area (Å²) in [4.78, 5) is 22.1. The van der Waals surface area contributed by atoms with Crippen molar-refractivity contribution in [2.75, 3.05) is 6.54 Å². The van der Waals surface area contributed by atoms with Gasteiger partial charge in [0, 0.05) is 38.6 Å². The summed E-state index contributed by atoms with van der Waals surface area (Å²) in [5.41, 5.74) is 5.62. The van der Waals surface area contributed by atoms with E-state index < -0.39 is 5.97 Å². The molecular formula is C20H20N4O2. The summed E-state index contributed by atoms with van der Waals surface area (Å²) in [5, 5.41) is 9.10. The molecule has 3 heterocycles. The Balaban J connectivity index is 1.40. The molecule has 6 nitrogen and oxygen atoms in total. The Kier molecular flexibility index (Phi) is 4.26. The van der Waals surface area contributed by atoms with Gasteiger partial charge in [0.15, 0.2) is 0 Å². The lowest BCUT2D eigenvalue weighted by molar-refractivity contribution is 0.0697. The van der Waals surface area contributed by atoms with Crippen molar-refractivity contribution in [3.05, 3.63) is 71.3 Å². The molecule has 1 aliphatic rings. The number of aryl methyl sites for hydroxylation is 1. The molecule has 0 unspecified atom stereocenters. The zero-order valence-corrected chi connectivity index (χ0v) is 14.6. The average Bonchev–Trinajstić information content (AvgIpc) is 3.26. The molecule has 0 aliphatic carbocycles. The summed E-state index contributed by atoms with van der Waals surface area (Å²) in [6.45, 7) is 5.87. The third kappa shape index (κ3) is 3.36. The number of pyridine rings is 1. The molecule has 26 heavy (non-hydrogen) atoms. The highest BCUT2D eigenvalue weighted by Crippen LogP contribution is 2.23. The molecule has 4 rings (SSSR count). The summed E-state index contributed by atoms with van der Waals surface area (Å²) in [6, 6.07) is 9.69. The molecule has 0 radical (unpaired) electrons. The Hall–Kier alpha value is -2.99. The Morgan fingerprint density at radius 3 is 2.77 bits per heavy atom. The van der Waals surface area contributed by atoms with Crippen LogP contribution in [0.15, 0.2) is 49.1 Å². The fourth-order valence-corrected chi connectivity index (χ4v) is 3.33. The minimum Gasteiger partial charge on any atom is -0.478 e. The number of rotatable bonds is 5. The first-order valence-corrected chi connectivity index (χ1v) is 8.61. The summed E-state index contributed by atoms with van der Waals surface area (Å²) in [5.74, 6) is -0.961. The quantitative estimate of drug-likeness (QED) is 0.767. The zero-order chi connectivity index (χ0) is 18.1. The minimum absolute atomic E-state index is 0.217. The van der Waals surface area contributed by atoms with Gasteiger partial charge >= 0.3 is 5.97 Å². The van der Waals surface area contributed by atoms with Gasteiger partial charge in [-0.15, -0.1) is 0 Å². The van der Waals surface area contributed by atoms with E-state index in [1.165, 1.54) is 29.0 Å². The molecule has 0 fully saturated rings. The smallest absolute Gasteiger partial charge is 0.335 e. The van der Waals surface area contributed by atoms with Gasteiger partial charge in [-0.2, -0.15) is 0 Å². The lowest BCUT2D eigenvalue weighted by Gasteiger charge is -2.14. The summed E-state index contributed by atoms with van der Waals surface area (Å²) in [7, 11) is 0.